The fourth-order valence-electron chi connectivity index (χ4n) is 1.52. The summed E-state index contributed by atoms with van der Waals surface area (Å²) >= 11 is 0. The Morgan fingerprint density at radius 2 is 2.00 bits per heavy atom. The first-order valence-corrected chi connectivity index (χ1v) is 4.83. The number of likely N-dealkylation sites (tertiary alicyclic amines) is 1. The maximum atomic E-state index is 10.9. The number of hydrogen-bond donors (Lipinski definition) is 2. The predicted octanol–water partition coefficient (Wildman–Crippen LogP) is -0.325. The highest BCUT2D eigenvalue weighted by Crippen LogP contribution is 2.11. The van der Waals surface area contributed by atoms with Gasteiger partial charge in [0.05, 0.1) is 5.54 Å². The molecule has 1 amide bonds. The van der Waals surface area contributed by atoms with Crippen molar-refractivity contribution in [3.8, 4) is 0 Å². The number of carbonyl (C=O) groups is 1. The quantitative estimate of drug-likeness (QED) is 0.630. The monoisotopic (exact) mass is 185 g/mol. The highest BCUT2D eigenvalue weighted by Gasteiger charge is 2.26. The number of hydrogen-bond acceptors (Lipinski definition) is 3. The van der Waals surface area contributed by atoms with Crippen molar-refractivity contribution in [3.05, 3.63) is 0 Å². The third-order valence-corrected chi connectivity index (χ3v) is 2.71. The van der Waals surface area contributed by atoms with Crippen LogP contribution in [0.15, 0.2) is 0 Å². The van der Waals surface area contributed by atoms with Crippen LogP contribution in [0.5, 0.6) is 0 Å². The number of nitrogens with zero attached hydrogens (tertiary/aromatic N) is 1. The molecule has 1 aliphatic rings. The van der Waals surface area contributed by atoms with E-state index in [1.165, 1.54) is 12.8 Å². The smallest absolute Gasteiger partial charge is 0.237 e. The minimum atomic E-state index is -0.845. The number of carbonyl (C=O) groups excluding carboxylic acids is 1. The summed E-state index contributed by atoms with van der Waals surface area (Å²) in [7, 11) is 0. The van der Waals surface area contributed by atoms with Crippen LogP contribution in [0.1, 0.15) is 26.2 Å². The normalized spacial score (nSPS) is 22.9. The first kappa shape index (κ1) is 10.5. The molecule has 0 bridgehead atoms. The standard InChI is InChI=1S/C9H19N3O/c1-9(11,8(10)13)4-7-12-5-2-3-6-12/h2-7,11H2,1H3,(H2,10,13). The van der Waals surface area contributed by atoms with Crippen LogP contribution >= 0.6 is 0 Å². The molecular formula is C9H19N3O. The van der Waals surface area contributed by atoms with Crippen molar-refractivity contribution >= 4 is 5.91 Å². The number of primary amides is 1. The van der Waals surface area contributed by atoms with E-state index in [9.17, 15) is 4.79 Å². The van der Waals surface area contributed by atoms with E-state index in [0.717, 1.165) is 19.6 Å². The van der Waals surface area contributed by atoms with E-state index < -0.39 is 11.4 Å². The second kappa shape index (κ2) is 4.07. The molecule has 0 spiro atoms. The van der Waals surface area contributed by atoms with Gasteiger partial charge in [-0.25, -0.2) is 0 Å². The van der Waals surface area contributed by atoms with E-state index in [1.807, 2.05) is 0 Å². The largest absolute Gasteiger partial charge is 0.368 e. The second-order valence-electron chi connectivity index (χ2n) is 4.08. The van der Waals surface area contributed by atoms with Gasteiger partial charge in [-0.05, 0) is 39.3 Å². The van der Waals surface area contributed by atoms with E-state index in [0.29, 0.717) is 6.42 Å². The summed E-state index contributed by atoms with van der Waals surface area (Å²) in [6, 6.07) is 0. The molecule has 0 aromatic rings. The van der Waals surface area contributed by atoms with Crippen LogP contribution in [0.4, 0.5) is 0 Å². The lowest BCUT2D eigenvalue weighted by Crippen LogP contribution is -2.51. The molecule has 1 heterocycles. The Morgan fingerprint density at radius 3 is 2.46 bits per heavy atom. The zero-order valence-corrected chi connectivity index (χ0v) is 8.25. The van der Waals surface area contributed by atoms with Crippen molar-refractivity contribution in [1.82, 2.24) is 4.90 Å². The first-order valence-electron chi connectivity index (χ1n) is 4.83. The summed E-state index contributed by atoms with van der Waals surface area (Å²) in [4.78, 5) is 13.2. The van der Waals surface area contributed by atoms with Gasteiger partial charge in [-0.2, -0.15) is 0 Å². The van der Waals surface area contributed by atoms with Gasteiger partial charge in [-0.3, -0.25) is 4.79 Å². The Balaban J connectivity index is 2.28. The predicted molar refractivity (Wildman–Crippen MR) is 52.1 cm³/mol. The van der Waals surface area contributed by atoms with Crippen molar-refractivity contribution < 1.29 is 4.79 Å². The molecule has 0 aromatic heterocycles. The van der Waals surface area contributed by atoms with Crippen molar-refractivity contribution in [2.24, 2.45) is 11.5 Å². The van der Waals surface area contributed by atoms with Crippen LogP contribution in [-0.4, -0.2) is 36.0 Å². The maximum absolute atomic E-state index is 10.9. The van der Waals surface area contributed by atoms with Crippen LogP contribution in [0, 0.1) is 0 Å². The van der Waals surface area contributed by atoms with E-state index in [-0.39, 0.29) is 0 Å². The summed E-state index contributed by atoms with van der Waals surface area (Å²) in [5, 5.41) is 0. The molecule has 0 saturated carbocycles. The molecular weight excluding hydrogens is 166 g/mol. The minimum absolute atomic E-state index is 0.410. The zero-order valence-electron chi connectivity index (χ0n) is 8.25. The highest BCUT2D eigenvalue weighted by atomic mass is 16.1. The Morgan fingerprint density at radius 1 is 1.46 bits per heavy atom. The van der Waals surface area contributed by atoms with Crippen molar-refractivity contribution in [1.29, 1.82) is 0 Å². The molecule has 13 heavy (non-hydrogen) atoms. The highest BCUT2D eigenvalue weighted by molar-refractivity contribution is 5.83. The molecule has 1 saturated heterocycles. The Hall–Kier alpha value is -0.610. The molecule has 1 atom stereocenters. The van der Waals surface area contributed by atoms with Crippen LogP contribution in [0.25, 0.3) is 0 Å². The van der Waals surface area contributed by atoms with Crippen LogP contribution in [-0.2, 0) is 4.79 Å². The van der Waals surface area contributed by atoms with Crippen molar-refractivity contribution in [2.75, 3.05) is 19.6 Å². The number of nitrogens with two attached hydrogens (primary N) is 2. The lowest BCUT2D eigenvalue weighted by atomic mass is 9.98. The van der Waals surface area contributed by atoms with E-state index in [1.54, 1.807) is 6.92 Å². The first-order chi connectivity index (χ1) is 6.02. The molecule has 4 N–H and O–H groups in total. The van der Waals surface area contributed by atoms with E-state index >= 15 is 0 Å². The Kier molecular flexibility index (Phi) is 3.27. The minimum Gasteiger partial charge on any atom is -0.368 e. The molecule has 1 unspecified atom stereocenters. The average molecular weight is 185 g/mol. The van der Waals surface area contributed by atoms with Gasteiger partial charge in [0.15, 0.2) is 0 Å². The molecule has 76 valence electrons. The van der Waals surface area contributed by atoms with Crippen LogP contribution < -0.4 is 11.5 Å². The molecule has 1 fully saturated rings. The molecule has 4 heteroatoms. The zero-order chi connectivity index (χ0) is 9.90. The van der Waals surface area contributed by atoms with Gasteiger partial charge in [0.25, 0.3) is 0 Å². The fraction of sp³-hybridized carbons (Fsp3) is 0.889. The lowest BCUT2D eigenvalue weighted by molar-refractivity contribution is -0.122. The van der Waals surface area contributed by atoms with Crippen molar-refractivity contribution in [2.45, 2.75) is 31.7 Å². The topological polar surface area (TPSA) is 72.3 Å². The lowest BCUT2D eigenvalue weighted by Gasteiger charge is -2.23. The number of rotatable bonds is 4. The van der Waals surface area contributed by atoms with Gasteiger partial charge in [-0.1, -0.05) is 0 Å². The summed E-state index contributed by atoms with van der Waals surface area (Å²) in [5.74, 6) is -0.410. The average Bonchev–Trinajstić information content (AvgIpc) is 2.52. The molecule has 0 radical (unpaired) electrons. The summed E-state index contributed by atoms with van der Waals surface area (Å²) in [6.45, 7) is 4.85. The summed E-state index contributed by atoms with van der Waals surface area (Å²) < 4.78 is 0. The fourth-order valence-corrected chi connectivity index (χ4v) is 1.52. The Bertz CT molecular complexity index is 185. The molecule has 0 aliphatic carbocycles. The second-order valence-corrected chi connectivity index (χ2v) is 4.08. The van der Waals surface area contributed by atoms with Gasteiger partial charge in [0, 0.05) is 6.54 Å². The number of amides is 1. The Labute approximate surface area is 79.3 Å². The van der Waals surface area contributed by atoms with Gasteiger partial charge < -0.3 is 16.4 Å². The molecule has 1 rings (SSSR count). The summed E-state index contributed by atoms with van der Waals surface area (Å²) in [6.07, 6.45) is 3.18. The van der Waals surface area contributed by atoms with Crippen molar-refractivity contribution in [3.63, 3.8) is 0 Å². The van der Waals surface area contributed by atoms with E-state index in [4.69, 9.17) is 11.5 Å². The third kappa shape index (κ3) is 2.97. The van der Waals surface area contributed by atoms with Gasteiger partial charge in [0.2, 0.25) is 5.91 Å². The van der Waals surface area contributed by atoms with Gasteiger partial charge in [-0.15, -0.1) is 0 Å². The van der Waals surface area contributed by atoms with Gasteiger partial charge in [0.1, 0.15) is 0 Å². The SMILES string of the molecule is CC(N)(CCN1CCCC1)C(N)=O. The molecule has 0 aromatic carbocycles. The maximum Gasteiger partial charge on any atom is 0.237 e. The molecule has 1 aliphatic heterocycles. The van der Waals surface area contributed by atoms with E-state index in [2.05, 4.69) is 4.90 Å². The molecule has 4 nitrogen and oxygen atoms in total. The summed E-state index contributed by atoms with van der Waals surface area (Å²) in [5.41, 5.74) is 10.1. The third-order valence-electron chi connectivity index (χ3n) is 2.71. The van der Waals surface area contributed by atoms with Crippen LogP contribution in [0.3, 0.4) is 0 Å². The van der Waals surface area contributed by atoms with Crippen LogP contribution in [0.2, 0.25) is 0 Å². The van der Waals surface area contributed by atoms with Gasteiger partial charge >= 0.3 is 0 Å².